The van der Waals surface area contributed by atoms with E-state index in [1.165, 1.54) is 28.7 Å². The lowest BCUT2D eigenvalue weighted by Crippen LogP contribution is -2.31. The Bertz CT molecular complexity index is 1460. The molecule has 34 heavy (non-hydrogen) atoms. The van der Waals surface area contributed by atoms with Crippen molar-refractivity contribution in [3.8, 4) is 17.3 Å². The summed E-state index contributed by atoms with van der Waals surface area (Å²) >= 11 is 10.1. The first-order chi connectivity index (χ1) is 16.3. The van der Waals surface area contributed by atoms with Crippen molar-refractivity contribution in [3.63, 3.8) is 0 Å². The van der Waals surface area contributed by atoms with Crippen molar-refractivity contribution in [1.82, 2.24) is 4.57 Å². The Balaban J connectivity index is 1.82. The third-order valence-electron chi connectivity index (χ3n) is 5.42. The Morgan fingerprint density at radius 2 is 1.76 bits per heavy atom. The van der Waals surface area contributed by atoms with E-state index in [0.29, 0.717) is 22.5 Å². The number of aromatic nitrogens is 1. The van der Waals surface area contributed by atoms with Crippen LogP contribution < -0.4 is 5.32 Å². The van der Waals surface area contributed by atoms with Crippen LogP contribution in [0.4, 0.5) is 10.5 Å². The molecule has 0 atom stereocenters. The average Bonchev–Trinajstić information content (AvgIpc) is 3.53. The summed E-state index contributed by atoms with van der Waals surface area (Å²) in [5, 5.41) is 22.0. The summed E-state index contributed by atoms with van der Waals surface area (Å²) in [4.78, 5) is 26.2. The second kappa shape index (κ2) is 8.79. The van der Waals surface area contributed by atoms with Crippen LogP contribution in [0.1, 0.15) is 21.0 Å². The molecule has 0 saturated heterocycles. The molecule has 3 aromatic heterocycles. The number of nitrogens with one attached hydrogen (secondary N) is 1. The van der Waals surface area contributed by atoms with Gasteiger partial charge in [-0.15, -0.1) is 22.7 Å². The first-order valence-electron chi connectivity index (χ1n) is 9.79. The van der Waals surface area contributed by atoms with Crippen LogP contribution in [0.3, 0.4) is 0 Å². The predicted octanol–water partition coefficient (Wildman–Crippen LogP) is 6.46. The van der Waals surface area contributed by atoms with Crippen molar-refractivity contribution < 1.29 is 19.4 Å². The minimum absolute atomic E-state index is 0.0117. The highest BCUT2D eigenvalue weighted by atomic mass is 79.9. The standard InChI is InChI=1S/C23H13Br2N3O4S2/c24-19-7-5-17(33-19)23(18-6-8-20(25)34-18)14-9-12(1-3-15(14)27-21(29)11-32-23)16-4-2-13(10-26)28(16)22(30)31/h1-9H,11H2,(H,27,29)(H,30,31). The quantitative estimate of drug-likeness (QED) is 0.274. The van der Waals surface area contributed by atoms with E-state index in [1.54, 1.807) is 18.2 Å². The molecule has 4 heterocycles. The number of thiophene rings is 2. The Labute approximate surface area is 218 Å². The first-order valence-corrected chi connectivity index (χ1v) is 13.0. The maximum absolute atomic E-state index is 12.6. The van der Waals surface area contributed by atoms with Crippen LogP contribution in [-0.2, 0) is 15.1 Å². The molecule has 0 radical (unpaired) electrons. The number of carbonyl (C=O) groups is 2. The summed E-state index contributed by atoms with van der Waals surface area (Å²) in [7, 11) is 0. The summed E-state index contributed by atoms with van der Waals surface area (Å²) in [6.45, 7) is -0.168. The lowest BCUT2D eigenvalue weighted by molar-refractivity contribution is -0.123. The number of carbonyl (C=O) groups excluding carboxylic acids is 1. The zero-order chi connectivity index (χ0) is 24.0. The maximum Gasteiger partial charge on any atom is 0.417 e. The van der Waals surface area contributed by atoms with E-state index in [4.69, 9.17) is 4.74 Å². The molecule has 1 aliphatic heterocycles. The molecule has 4 aromatic rings. The topological polar surface area (TPSA) is 104 Å². The van der Waals surface area contributed by atoms with Gasteiger partial charge in [0.1, 0.15) is 18.4 Å². The van der Waals surface area contributed by atoms with Gasteiger partial charge in [0.05, 0.1) is 13.3 Å². The van der Waals surface area contributed by atoms with Crippen LogP contribution in [0.5, 0.6) is 0 Å². The van der Waals surface area contributed by atoms with Crippen LogP contribution in [0.2, 0.25) is 0 Å². The first kappa shape index (κ1) is 23.0. The molecule has 0 bridgehead atoms. The van der Waals surface area contributed by atoms with Gasteiger partial charge in [-0.1, -0.05) is 6.07 Å². The van der Waals surface area contributed by atoms with Gasteiger partial charge in [-0.2, -0.15) is 5.26 Å². The molecule has 0 unspecified atom stereocenters. The van der Waals surface area contributed by atoms with Gasteiger partial charge in [0.25, 0.3) is 0 Å². The SMILES string of the molecule is N#Cc1ccc(-c2ccc3c(c2)C(c2ccc(Br)s2)(c2ccc(Br)s2)OCC(=O)N3)n1C(=O)O. The fourth-order valence-electron chi connectivity index (χ4n) is 4.03. The van der Waals surface area contributed by atoms with Gasteiger partial charge in [-0.3, -0.25) is 4.79 Å². The molecule has 0 spiro atoms. The number of amides is 1. The van der Waals surface area contributed by atoms with E-state index in [9.17, 15) is 20.0 Å². The highest BCUT2D eigenvalue weighted by Crippen LogP contribution is 2.51. The molecule has 7 nitrogen and oxygen atoms in total. The Morgan fingerprint density at radius 3 is 2.32 bits per heavy atom. The minimum Gasteiger partial charge on any atom is -0.464 e. The summed E-state index contributed by atoms with van der Waals surface area (Å²) in [6, 6.07) is 18.0. The molecule has 0 saturated carbocycles. The molecule has 0 fully saturated rings. The lowest BCUT2D eigenvalue weighted by Gasteiger charge is -2.32. The van der Waals surface area contributed by atoms with Crippen molar-refractivity contribution in [3.05, 3.63) is 83.2 Å². The summed E-state index contributed by atoms with van der Waals surface area (Å²) in [5.41, 5.74) is 1.04. The van der Waals surface area contributed by atoms with Gasteiger partial charge >= 0.3 is 6.09 Å². The maximum atomic E-state index is 12.6. The number of fused-ring (bicyclic) bond motifs is 1. The zero-order valence-corrected chi connectivity index (χ0v) is 21.8. The lowest BCUT2D eigenvalue weighted by atomic mass is 9.87. The molecule has 1 amide bonds. The van der Waals surface area contributed by atoms with Gasteiger partial charge in [-0.05, 0) is 86.0 Å². The molecule has 1 aromatic carbocycles. The summed E-state index contributed by atoms with van der Waals surface area (Å²) < 4.78 is 9.17. The van der Waals surface area contributed by atoms with Gasteiger partial charge < -0.3 is 15.2 Å². The third kappa shape index (κ3) is 3.72. The van der Waals surface area contributed by atoms with E-state index in [0.717, 1.165) is 21.9 Å². The highest BCUT2D eigenvalue weighted by Gasteiger charge is 2.44. The molecule has 11 heteroatoms. The number of nitrogens with zero attached hydrogens (tertiary/aromatic N) is 2. The molecular weight excluding hydrogens is 606 g/mol. The van der Waals surface area contributed by atoms with Gasteiger partial charge in [0.2, 0.25) is 5.91 Å². The van der Waals surface area contributed by atoms with Gasteiger partial charge in [0.15, 0.2) is 5.60 Å². The second-order valence-electron chi connectivity index (χ2n) is 7.32. The summed E-state index contributed by atoms with van der Waals surface area (Å²) in [5.74, 6) is -0.289. The normalized spacial score (nSPS) is 14.7. The fraction of sp³-hybridized carbons (Fsp3) is 0.0870. The fourth-order valence-corrected chi connectivity index (χ4v) is 7.22. The number of benzene rings is 1. The molecule has 5 rings (SSSR count). The largest absolute Gasteiger partial charge is 0.464 e. The van der Waals surface area contributed by atoms with Crippen molar-refractivity contribution in [1.29, 1.82) is 5.26 Å². The Morgan fingerprint density at radius 1 is 1.09 bits per heavy atom. The second-order valence-corrected chi connectivity index (χ2v) is 12.2. The minimum atomic E-state index is -1.26. The van der Waals surface area contributed by atoms with Gasteiger partial charge in [0, 0.05) is 21.0 Å². The van der Waals surface area contributed by atoms with Crippen LogP contribution >= 0.6 is 54.5 Å². The number of rotatable bonds is 3. The van der Waals surface area contributed by atoms with E-state index >= 15 is 0 Å². The molecule has 1 aliphatic rings. The molecule has 170 valence electrons. The van der Waals surface area contributed by atoms with Crippen molar-refractivity contribution in [2.75, 3.05) is 11.9 Å². The number of ether oxygens (including phenoxy) is 1. The Hall–Kier alpha value is -2.75. The van der Waals surface area contributed by atoms with Crippen LogP contribution in [0.25, 0.3) is 11.3 Å². The number of halogens is 2. The van der Waals surface area contributed by atoms with Crippen molar-refractivity contribution in [2.45, 2.75) is 5.60 Å². The summed E-state index contributed by atoms with van der Waals surface area (Å²) in [6.07, 6.45) is -1.26. The molecular formula is C23H13Br2N3O4S2. The van der Waals surface area contributed by atoms with E-state index in [1.807, 2.05) is 36.4 Å². The van der Waals surface area contributed by atoms with E-state index < -0.39 is 11.7 Å². The number of hydrogen-bond donors (Lipinski definition) is 2. The highest BCUT2D eigenvalue weighted by molar-refractivity contribution is 9.11. The molecule has 0 aliphatic carbocycles. The van der Waals surface area contributed by atoms with Crippen LogP contribution in [0, 0.1) is 11.3 Å². The number of hydrogen-bond acceptors (Lipinski definition) is 6. The number of carboxylic acid groups (broad SMARTS) is 1. The van der Waals surface area contributed by atoms with Crippen LogP contribution in [-0.4, -0.2) is 28.3 Å². The monoisotopic (exact) mass is 617 g/mol. The third-order valence-corrected chi connectivity index (χ3v) is 8.86. The zero-order valence-electron chi connectivity index (χ0n) is 17.0. The smallest absolute Gasteiger partial charge is 0.417 e. The average molecular weight is 619 g/mol. The van der Waals surface area contributed by atoms with Crippen LogP contribution in [0.15, 0.2) is 62.2 Å². The van der Waals surface area contributed by atoms with E-state index in [2.05, 4.69) is 37.2 Å². The number of anilines is 1. The van der Waals surface area contributed by atoms with Crippen molar-refractivity contribution >= 4 is 72.2 Å². The number of nitriles is 1. The predicted molar refractivity (Wildman–Crippen MR) is 137 cm³/mol. The van der Waals surface area contributed by atoms with E-state index in [-0.39, 0.29) is 18.2 Å². The molecule has 2 N–H and O–H groups in total. The van der Waals surface area contributed by atoms with Crippen molar-refractivity contribution in [2.24, 2.45) is 0 Å². The van der Waals surface area contributed by atoms with Gasteiger partial charge in [-0.25, -0.2) is 9.36 Å². The Kier molecular flexibility index (Phi) is 5.95.